The van der Waals surface area contributed by atoms with Crippen LogP contribution in [0.4, 0.5) is 0 Å². The van der Waals surface area contributed by atoms with Gasteiger partial charge in [-0.15, -0.1) is 0 Å². The van der Waals surface area contributed by atoms with Gasteiger partial charge >= 0.3 is 0 Å². The minimum Gasteiger partial charge on any atom is -0.396 e. The van der Waals surface area contributed by atoms with Crippen LogP contribution in [0.2, 0.25) is 0 Å². The molecule has 0 bridgehead atoms. The lowest BCUT2D eigenvalue weighted by atomic mass is 9.86. The number of aliphatic hydroxyl groups excluding tert-OH is 1. The molecule has 1 saturated carbocycles. The van der Waals surface area contributed by atoms with Crippen molar-refractivity contribution in [3.63, 3.8) is 0 Å². The summed E-state index contributed by atoms with van der Waals surface area (Å²) in [7, 11) is 0. The van der Waals surface area contributed by atoms with Crippen LogP contribution in [-0.2, 0) is 0 Å². The van der Waals surface area contributed by atoms with Crippen molar-refractivity contribution in [2.45, 2.75) is 32.2 Å². The Balaban J connectivity index is 2.02. The molecule has 16 heavy (non-hydrogen) atoms. The number of H-pyrrole nitrogens is 1. The predicted octanol–water partition coefficient (Wildman–Crippen LogP) is 1.30. The van der Waals surface area contributed by atoms with E-state index in [0.29, 0.717) is 5.69 Å². The number of aromatic amines is 1. The number of hydrogen-bond donors (Lipinski definition) is 3. The number of nitrogens with one attached hydrogen (secondary N) is 2. The van der Waals surface area contributed by atoms with Crippen LogP contribution in [-0.4, -0.2) is 28.6 Å². The van der Waals surface area contributed by atoms with Gasteiger partial charge in [-0.3, -0.25) is 4.79 Å². The van der Waals surface area contributed by atoms with Gasteiger partial charge < -0.3 is 15.4 Å². The van der Waals surface area contributed by atoms with Gasteiger partial charge in [-0.2, -0.15) is 0 Å². The number of aromatic nitrogens is 1. The normalized spacial score (nSPS) is 29.2. The molecular weight excluding hydrogens is 204 g/mol. The molecule has 0 saturated heterocycles. The second-order valence-corrected chi connectivity index (χ2v) is 4.81. The van der Waals surface area contributed by atoms with Gasteiger partial charge in [-0.05, 0) is 25.0 Å². The van der Waals surface area contributed by atoms with E-state index in [-0.39, 0.29) is 24.0 Å². The molecule has 0 aliphatic heterocycles. The summed E-state index contributed by atoms with van der Waals surface area (Å²) in [6.45, 7) is 2.16. The number of carbonyl (C=O) groups is 1. The van der Waals surface area contributed by atoms with Gasteiger partial charge in [0.1, 0.15) is 5.69 Å². The number of rotatable bonds is 3. The Hall–Kier alpha value is -1.29. The van der Waals surface area contributed by atoms with Crippen LogP contribution in [0.15, 0.2) is 18.3 Å². The highest BCUT2D eigenvalue weighted by molar-refractivity contribution is 5.92. The molecule has 0 radical (unpaired) electrons. The third kappa shape index (κ3) is 1.97. The molecule has 2 atom stereocenters. The zero-order chi connectivity index (χ0) is 11.6. The lowest BCUT2D eigenvalue weighted by molar-refractivity contribution is 0.0826. The quantitative estimate of drug-likeness (QED) is 0.721. The van der Waals surface area contributed by atoms with Gasteiger partial charge in [0, 0.05) is 17.7 Å². The van der Waals surface area contributed by atoms with Gasteiger partial charge in [0.2, 0.25) is 0 Å². The Morgan fingerprint density at radius 1 is 1.75 bits per heavy atom. The smallest absolute Gasteiger partial charge is 0.267 e. The van der Waals surface area contributed by atoms with Crippen molar-refractivity contribution in [2.24, 2.45) is 5.41 Å². The van der Waals surface area contributed by atoms with Crippen molar-refractivity contribution in [2.75, 3.05) is 6.61 Å². The third-order valence-electron chi connectivity index (χ3n) is 3.59. The molecule has 1 aliphatic rings. The van der Waals surface area contributed by atoms with Crippen LogP contribution in [0, 0.1) is 5.41 Å². The van der Waals surface area contributed by atoms with E-state index in [9.17, 15) is 9.90 Å². The average molecular weight is 222 g/mol. The van der Waals surface area contributed by atoms with Crippen molar-refractivity contribution >= 4 is 5.91 Å². The van der Waals surface area contributed by atoms with Crippen LogP contribution in [0.25, 0.3) is 0 Å². The molecular formula is C12H18N2O2. The van der Waals surface area contributed by atoms with E-state index in [2.05, 4.69) is 10.3 Å². The molecule has 4 heteroatoms. The Labute approximate surface area is 95.1 Å². The summed E-state index contributed by atoms with van der Waals surface area (Å²) in [5, 5.41) is 12.4. The fraction of sp³-hybridized carbons (Fsp3) is 0.583. The van der Waals surface area contributed by atoms with E-state index in [0.717, 1.165) is 19.3 Å². The Morgan fingerprint density at radius 3 is 3.19 bits per heavy atom. The Bertz CT molecular complexity index is 361. The zero-order valence-corrected chi connectivity index (χ0v) is 9.49. The molecule has 2 unspecified atom stereocenters. The minimum atomic E-state index is -0.164. The van der Waals surface area contributed by atoms with Crippen LogP contribution in [0.5, 0.6) is 0 Å². The molecule has 4 nitrogen and oxygen atoms in total. The molecule has 1 aliphatic carbocycles. The van der Waals surface area contributed by atoms with Gasteiger partial charge in [-0.25, -0.2) is 0 Å². The van der Waals surface area contributed by atoms with Crippen LogP contribution in [0.1, 0.15) is 36.7 Å². The van der Waals surface area contributed by atoms with Gasteiger partial charge in [0.25, 0.3) is 5.91 Å². The second kappa shape index (κ2) is 4.29. The van der Waals surface area contributed by atoms with Crippen LogP contribution >= 0.6 is 0 Å². The molecule has 2 rings (SSSR count). The van der Waals surface area contributed by atoms with E-state index in [1.165, 1.54) is 0 Å². The van der Waals surface area contributed by atoms with Crippen LogP contribution in [0.3, 0.4) is 0 Å². The standard InChI is InChI=1S/C12H18N2O2/c1-12(8-15)6-2-5-10(12)14-11(16)9-4-3-7-13-9/h3-4,7,10,13,15H,2,5-6,8H2,1H3,(H,14,16). The maximum Gasteiger partial charge on any atom is 0.267 e. The molecule has 1 aromatic heterocycles. The minimum absolute atomic E-state index is 0.0771. The lowest BCUT2D eigenvalue weighted by Crippen LogP contribution is -2.44. The predicted molar refractivity (Wildman–Crippen MR) is 61.1 cm³/mol. The van der Waals surface area contributed by atoms with Crippen molar-refractivity contribution in [1.82, 2.24) is 10.3 Å². The summed E-state index contributed by atoms with van der Waals surface area (Å²) in [5.74, 6) is -0.0865. The number of carbonyl (C=O) groups excluding carboxylic acids is 1. The highest BCUT2D eigenvalue weighted by Gasteiger charge is 2.39. The zero-order valence-electron chi connectivity index (χ0n) is 9.49. The topological polar surface area (TPSA) is 65.1 Å². The highest BCUT2D eigenvalue weighted by atomic mass is 16.3. The molecule has 1 heterocycles. The van der Waals surface area contributed by atoms with E-state index in [1.54, 1.807) is 18.3 Å². The third-order valence-corrected chi connectivity index (χ3v) is 3.59. The summed E-state index contributed by atoms with van der Waals surface area (Å²) >= 11 is 0. The summed E-state index contributed by atoms with van der Waals surface area (Å²) < 4.78 is 0. The van der Waals surface area contributed by atoms with E-state index in [1.807, 2.05) is 6.92 Å². The largest absolute Gasteiger partial charge is 0.396 e. The van der Waals surface area contributed by atoms with Gasteiger partial charge in [-0.1, -0.05) is 13.3 Å². The van der Waals surface area contributed by atoms with Crippen molar-refractivity contribution in [3.05, 3.63) is 24.0 Å². The molecule has 1 amide bonds. The van der Waals surface area contributed by atoms with Crippen molar-refractivity contribution in [1.29, 1.82) is 0 Å². The van der Waals surface area contributed by atoms with E-state index < -0.39 is 0 Å². The second-order valence-electron chi connectivity index (χ2n) is 4.81. The first-order chi connectivity index (χ1) is 7.65. The molecule has 3 N–H and O–H groups in total. The first-order valence-corrected chi connectivity index (χ1v) is 5.71. The molecule has 1 fully saturated rings. The highest BCUT2D eigenvalue weighted by Crippen LogP contribution is 2.37. The summed E-state index contributed by atoms with van der Waals surface area (Å²) in [6, 6.07) is 3.63. The number of hydrogen-bond acceptors (Lipinski definition) is 2. The Morgan fingerprint density at radius 2 is 2.56 bits per heavy atom. The Kier molecular flexibility index (Phi) is 3.01. The molecule has 0 aromatic carbocycles. The monoisotopic (exact) mass is 222 g/mol. The lowest BCUT2D eigenvalue weighted by Gasteiger charge is -2.29. The summed E-state index contributed by atoms with van der Waals surface area (Å²) in [6.07, 6.45) is 4.71. The maximum atomic E-state index is 11.8. The summed E-state index contributed by atoms with van der Waals surface area (Å²) in [5.41, 5.74) is 0.412. The molecule has 1 aromatic rings. The maximum absolute atomic E-state index is 11.8. The van der Waals surface area contributed by atoms with Crippen molar-refractivity contribution in [3.8, 4) is 0 Å². The van der Waals surface area contributed by atoms with Gasteiger partial charge in [0.05, 0.1) is 6.61 Å². The molecule has 88 valence electrons. The summed E-state index contributed by atoms with van der Waals surface area (Å²) in [4.78, 5) is 14.7. The van der Waals surface area contributed by atoms with Crippen LogP contribution < -0.4 is 5.32 Å². The van der Waals surface area contributed by atoms with E-state index >= 15 is 0 Å². The first kappa shape index (κ1) is 11.2. The fourth-order valence-electron chi connectivity index (χ4n) is 2.38. The SMILES string of the molecule is CC1(CO)CCCC1NC(=O)c1ccc[nH]1. The number of aliphatic hydroxyl groups is 1. The van der Waals surface area contributed by atoms with Gasteiger partial charge in [0.15, 0.2) is 0 Å². The fourth-order valence-corrected chi connectivity index (χ4v) is 2.38. The number of amides is 1. The first-order valence-electron chi connectivity index (χ1n) is 5.71. The average Bonchev–Trinajstić information content (AvgIpc) is 2.89. The molecule has 0 spiro atoms. The van der Waals surface area contributed by atoms with E-state index in [4.69, 9.17) is 0 Å². The van der Waals surface area contributed by atoms with Crippen molar-refractivity contribution < 1.29 is 9.90 Å².